The number of ether oxygens (including phenoxy) is 3. The Labute approximate surface area is 191 Å². The number of aryl methyl sites for hydroxylation is 1. The minimum absolute atomic E-state index is 0.0263. The molecule has 0 spiro atoms. The van der Waals surface area contributed by atoms with Gasteiger partial charge in [0.15, 0.2) is 12.3 Å². The predicted octanol–water partition coefficient (Wildman–Crippen LogP) is 4.91. The summed E-state index contributed by atoms with van der Waals surface area (Å²) in [5.41, 5.74) is 1.49. The molecule has 2 aromatic carbocycles. The maximum absolute atomic E-state index is 15.3. The summed E-state index contributed by atoms with van der Waals surface area (Å²) in [5.74, 6) is -0.316. The lowest BCUT2D eigenvalue weighted by atomic mass is 10.1. The van der Waals surface area contributed by atoms with Crippen LogP contribution in [0.15, 0.2) is 88.2 Å². The van der Waals surface area contributed by atoms with Crippen LogP contribution in [0.25, 0.3) is 0 Å². The van der Waals surface area contributed by atoms with Crippen molar-refractivity contribution in [3.05, 3.63) is 84.0 Å². The third kappa shape index (κ3) is 5.97. The molecule has 172 valence electrons. The van der Waals surface area contributed by atoms with Crippen LogP contribution in [0.4, 0.5) is 4.39 Å². The van der Waals surface area contributed by atoms with Gasteiger partial charge in [-0.25, -0.2) is 4.99 Å². The number of hydrogen-bond acceptors (Lipinski definition) is 8. The fraction of sp³-hybridized carbons (Fsp3) is 0.208. The predicted molar refractivity (Wildman–Crippen MR) is 123 cm³/mol. The van der Waals surface area contributed by atoms with Gasteiger partial charge >= 0.3 is 0 Å². The zero-order valence-electron chi connectivity index (χ0n) is 18.6. The van der Waals surface area contributed by atoms with Crippen molar-refractivity contribution in [2.45, 2.75) is 13.8 Å². The molecule has 0 unspecified atom stereocenters. The van der Waals surface area contributed by atoms with Gasteiger partial charge in [-0.15, -0.1) is 0 Å². The Bertz CT molecular complexity index is 1120. The van der Waals surface area contributed by atoms with Gasteiger partial charge in [-0.3, -0.25) is 0 Å². The van der Waals surface area contributed by atoms with Crippen LogP contribution in [0, 0.1) is 6.92 Å². The van der Waals surface area contributed by atoms with Crippen molar-refractivity contribution in [1.29, 1.82) is 0 Å². The van der Waals surface area contributed by atoms with Crippen LogP contribution < -0.4 is 9.47 Å². The Morgan fingerprint density at radius 3 is 2.48 bits per heavy atom. The van der Waals surface area contributed by atoms with Gasteiger partial charge in [0.25, 0.3) is 11.8 Å². The van der Waals surface area contributed by atoms with Crippen molar-refractivity contribution in [3.8, 4) is 11.5 Å². The van der Waals surface area contributed by atoms with Crippen molar-refractivity contribution in [1.82, 2.24) is 0 Å². The molecule has 1 aliphatic rings. The van der Waals surface area contributed by atoms with E-state index >= 15 is 4.39 Å². The minimum atomic E-state index is -0.798. The van der Waals surface area contributed by atoms with Crippen LogP contribution in [-0.2, 0) is 14.4 Å². The highest BCUT2D eigenvalue weighted by atomic mass is 19.1. The van der Waals surface area contributed by atoms with Gasteiger partial charge in [0, 0.05) is 6.20 Å². The maximum atomic E-state index is 15.3. The first-order valence-corrected chi connectivity index (χ1v) is 10.1. The van der Waals surface area contributed by atoms with E-state index in [1.165, 1.54) is 20.2 Å². The Morgan fingerprint density at radius 1 is 1.09 bits per heavy atom. The summed E-state index contributed by atoms with van der Waals surface area (Å²) >= 11 is 0. The normalized spacial score (nSPS) is 14.8. The molecule has 0 saturated heterocycles. The van der Waals surface area contributed by atoms with Gasteiger partial charge in [0.1, 0.15) is 31.0 Å². The Balaban J connectivity index is 1.95. The maximum Gasteiger partial charge on any atom is 0.280 e. The smallest absolute Gasteiger partial charge is 0.280 e. The summed E-state index contributed by atoms with van der Waals surface area (Å²) in [6.45, 7) is 7.50. The van der Waals surface area contributed by atoms with E-state index in [0.29, 0.717) is 24.5 Å². The van der Waals surface area contributed by atoms with Crippen LogP contribution in [-0.4, -0.2) is 37.8 Å². The first-order chi connectivity index (χ1) is 16.0. The molecule has 0 aliphatic carbocycles. The minimum Gasteiger partial charge on any atom is -0.470 e. The number of aliphatic imine (C=N–C) groups is 1. The van der Waals surface area contributed by atoms with Crippen LogP contribution in [0.2, 0.25) is 0 Å². The fourth-order valence-electron chi connectivity index (χ4n) is 2.81. The van der Waals surface area contributed by atoms with Gasteiger partial charge in [0.05, 0.1) is 5.56 Å². The van der Waals surface area contributed by atoms with Gasteiger partial charge < -0.3 is 23.9 Å². The summed E-state index contributed by atoms with van der Waals surface area (Å²) in [4.78, 5) is 14.0. The number of benzene rings is 2. The number of rotatable bonds is 8. The third-order valence-corrected chi connectivity index (χ3v) is 4.36. The van der Waals surface area contributed by atoms with Crippen LogP contribution in [0.3, 0.4) is 0 Å². The summed E-state index contributed by atoms with van der Waals surface area (Å²) in [6.07, 6.45) is 1.17. The molecular weight excluding hydrogens is 429 g/mol. The van der Waals surface area contributed by atoms with Crippen LogP contribution in [0.1, 0.15) is 18.1 Å². The van der Waals surface area contributed by atoms with Crippen molar-refractivity contribution in [2.24, 2.45) is 15.3 Å². The van der Waals surface area contributed by atoms with E-state index in [9.17, 15) is 0 Å². The van der Waals surface area contributed by atoms with Gasteiger partial charge in [-0.2, -0.15) is 4.39 Å². The molecule has 33 heavy (non-hydrogen) atoms. The molecule has 2 aromatic rings. The number of nitrogens with zero attached hydrogens (tertiary/aromatic N) is 3. The highest BCUT2D eigenvalue weighted by Crippen LogP contribution is 2.25. The standard InChI is InChI=1S/C24H24FN3O5/c1-5-26-23(21(25)17(3)32-19-12-8-6-10-16(19)2)33-20-13-9-7-11-18(20)22(27-29-4)24-28-31-15-14-30-24/h5-13H,1,14-15H2,2-4H3/b21-17-,26-23?,27-22-. The van der Waals surface area contributed by atoms with E-state index in [0.717, 1.165) is 5.56 Å². The molecule has 9 heteroatoms. The van der Waals surface area contributed by atoms with Crippen LogP contribution in [0.5, 0.6) is 11.5 Å². The third-order valence-electron chi connectivity index (χ3n) is 4.36. The van der Waals surface area contributed by atoms with E-state index in [-0.39, 0.29) is 29.0 Å². The second-order valence-electron chi connectivity index (χ2n) is 6.65. The number of para-hydroxylation sites is 2. The average Bonchev–Trinajstić information content (AvgIpc) is 2.84. The fourth-order valence-corrected chi connectivity index (χ4v) is 2.81. The lowest BCUT2D eigenvalue weighted by Crippen LogP contribution is -2.26. The highest BCUT2D eigenvalue weighted by Gasteiger charge is 2.24. The van der Waals surface area contributed by atoms with Gasteiger partial charge in [-0.05, 0) is 42.8 Å². The lowest BCUT2D eigenvalue weighted by molar-refractivity contribution is 0.0672. The van der Waals surface area contributed by atoms with Gasteiger partial charge in [-0.1, -0.05) is 42.1 Å². The van der Waals surface area contributed by atoms with E-state index in [1.54, 1.807) is 36.4 Å². The number of hydrogen-bond donors (Lipinski definition) is 0. The number of halogens is 1. The Morgan fingerprint density at radius 2 is 1.82 bits per heavy atom. The molecule has 8 nitrogen and oxygen atoms in total. The van der Waals surface area contributed by atoms with E-state index in [2.05, 4.69) is 21.9 Å². The Hall–Kier alpha value is -4.14. The number of oxime groups is 2. The number of allylic oxidation sites excluding steroid dienone is 1. The first-order valence-electron chi connectivity index (χ1n) is 10.1. The zero-order valence-corrected chi connectivity index (χ0v) is 18.6. The molecule has 0 aromatic heterocycles. The van der Waals surface area contributed by atoms with E-state index < -0.39 is 5.83 Å². The molecule has 0 saturated carbocycles. The molecule has 0 bridgehead atoms. The molecule has 0 amide bonds. The molecule has 0 atom stereocenters. The van der Waals surface area contributed by atoms with E-state index in [4.69, 9.17) is 23.9 Å². The molecule has 0 fully saturated rings. The molecule has 1 heterocycles. The molecule has 0 radical (unpaired) electrons. The first kappa shape index (κ1) is 23.5. The molecular formula is C24H24FN3O5. The molecule has 0 N–H and O–H groups in total. The molecule has 1 aliphatic heterocycles. The average molecular weight is 453 g/mol. The van der Waals surface area contributed by atoms with Gasteiger partial charge in [0.2, 0.25) is 5.83 Å². The van der Waals surface area contributed by atoms with Crippen molar-refractivity contribution < 1.29 is 28.3 Å². The summed E-state index contributed by atoms with van der Waals surface area (Å²) in [7, 11) is 1.38. The van der Waals surface area contributed by atoms with E-state index in [1.807, 2.05) is 19.1 Å². The summed E-state index contributed by atoms with van der Waals surface area (Å²) in [6, 6.07) is 14.1. The topological polar surface area (TPSA) is 83.2 Å². The van der Waals surface area contributed by atoms with Crippen molar-refractivity contribution >= 4 is 17.5 Å². The highest BCUT2D eigenvalue weighted by molar-refractivity contribution is 6.45. The van der Waals surface area contributed by atoms with Crippen LogP contribution >= 0.6 is 0 Å². The second kappa shape index (κ2) is 11.5. The molecule has 3 rings (SSSR count). The SMILES string of the molecule is C=CN=C(Oc1ccccc1/C(=N/OC)C1=NOCCO1)/C(F)=C(\C)Oc1ccccc1C. The van der Waals surface area contributed by atoms with Crippen molar-refractivity contribution in [3.63, 3.8) is 0 Å². The second-order valence-corrected chi connectivity index (χ2v) is 6.65. The summed E-state index contributed by atoms with van der Waals surface area (Å²) in [5, 5.41) is 7.87. The monoisotopic (exact) mass is 453 g/mol. The largest absolute Gasteiger partial charge is 0.470 e. The Kier molecular flexibility index (Phi) is 8.18. The quantitative estimate of drug-likeness (QED) is 0.246. The summed E-state index contributed by atoms with van der Waals surface area (Å²) < 4.78 is 32.4. The lowest BCUT2D eigenvalue weighted by Gasteiger charge is -2.17. The van der Waals surface area contributed by atoms with Crippen molar-refractivity contribution in [2.75, 3.05) is 20.3 Å². The zero-order chi connectivity index (χ0) is 23.6.